The first kappa shape index (κ1) is 15.6. The number of aliphatic hydroxyl groups excluding tert-OH is 1. The number of amides is 1. The van der Waals surface area contributed by atoms with Gasteiger partial charge in [0.15, 0.2) is 0 Å². The lowest BCUT2D eigenvalue weighted by Gasteiger charge is -2.28. The van der Waals surface area contributed by atoms with Crippen LogP contribution in [-0.2, 0) is 0 Å². The maximum absolute atomic E-state index is 12.7. The average Bonchev–Trinajstić information content (AvgIpc) is 2.97. The van der Waals surface area contributed by atoms with Gasteiger partial charge in [-0.3, -0.25) is 4.79 Å². The second-order valence-corrected chi connectivity index (χ2v) is 5.83. The molecule has 1 saturated carbocycles. The van der Waals surface area contributed by atoms with E-state index in [2.05, 4.69) is 0 Å². The largest absolute Gasteiger partial charge is 0.397 e. The summed E-state index contributed by atoms with van der Waals surface area (Å²) in [6.07, 6.45) is 4.36. The van der Waals surface area contributed by atoms with Crippen molar-refractivity contribution >= 4 is 17.3 Å². The molecule has 1 amide bonds. The minimum atomic E-state index is -0.0343. The molecule has 0 atom stereocenters. The molecule has 1 aromatic rings. The molecule has 0 aliphatic heterocycles. The zero-order valence-corrected chi connectivity index (χ0v) is 12.9. The van der Waals surface area contributed by atoms with E-state index >= 15 is 0 Å². The molecule has 0 radical (unpaired) electrons. The number of nitrogen functional groups attached to an aromatic ring is 1. The van der Waals surface area contributed by atoms with Gasteiger partial charge in [-0.25, -0.2) is 0 Å². The van der Waals surface area contributed by atoms with Crippen LogP contribution < -0.4 is 10.6 Å². The number of hydrogen-bond donors (Lipinski definition) is 2. The van der Waals surface area contributed by atoms with Crippen LogP contribution in [0.25, 0.3) is 0 Å². The first-order valence-corrected chi connectivity index (χ1v) is 7.53. The highest BCUT2D eigenvalue weighted by atomic mass is 16.3. The summed E-state index contributed by atoms with van der Waals surface area (Å²) in [6, 6.07) is 5.66. The van der Waals surface area contributed by atoms with Gasteiger partial charge in [0.25, 0.3) is 5.91 Å². The zero-order chi connectivity index (χ0) is 15.4. The summed E-state index contributed by atoms with van der Waals surface area (Å²) in [5.74, 6) is -0.0343. The molecular formula is C16H25N3O2. The Bertz CT molecular complexity index is 496. The Labute approximate surface area is 126 Å². The number of aliphatic hydroxyl groups is 1. The summed E-state index contributed by atoms with van der Waals surface area (Å²) < 4.78 is 0. The van der Waals surface area contributed by atoms with Crippen molar-refractivity contribution in [1.82, 2.24) is 4.90 Å². The van der Waals surface area contributed by atoms with E-state index in [0.29, 0.717) is 17.8 Å². The number of nitrogens with two attached hydrogens (primary N) is 1. The van der Waals surface area contributed by atoms with Crippen LogP contribution in [0.5, 0.6) is 0 Å². The molecular weight excluding hydrogens is 266 g/mol. The molecule has 0 bridgehead atoms. The Hall–Kier alpha value is -1.75. The molecule has 1 aromatic carbocycles. The second kappa shape index (κ2) is 6.80. The molecule has 0 aromatic heterocycles. The molecule has 1 fully saturated rings. The number of benzene rings is 1. The molecule has 5 nitrogen and oxygen atoms in total. The lowest BCUT2D eigenvalue weighted by molar-refractivity contribution is 0.0638. The van der Waals surface area contributed by atoms with E-state index in [1.807, 2.05) is 31.1 Å². The van der Waals surface area contributed by atoms with Gasteiger partial charge < -0.3 is 20.6 Å². The maximum Gasteiger partial charge on any atom is 0.254 e. The molecule has 116 valence electrons. The number of hydrogen-bond acceptors (Lipinski definition) is 4. The summed E-state index contributed by atoms with van der Waals surface area (Å²) in [5, 5.41) is 9.24. The van der Waals surface area contributed by atoms with Crippen molar-refractivity contribution < 1.29 is 9.90 Å². The molecule has 21 heavy (non-hydrogen) atoms. The fourth-order valence-electron chi connectivity index (χ4n) is 3.03. The maximum atomic E-state index is 12.7. The van der Waals surface area contributed by atoms with E-state index < -0.39 is 0 Å². The predicted molar refractivity (Wildman–Crippen MR) is 85.6 cm³/mol. The van der Waals surface area contributed by atoms with Gasteiger partial charge in [0.2, 0.25) is 0 Å². The fourth-order valence-corrected chi connectivity index (χ4v) is 3.03. The van der Waals surface area contributed by atoms with Gasteiger partial charge in [0.05, 0.1) is 18.0 Å². The van der Waals surface area contributed by atoms with Gasteiger partial charge in [-0.2, -0.15) is 0 Å². The molecule has 5 heteroatoms. The first-order chi connectivity index (χ1) is 10.0. The number of anilines is 2. The van der Waals surface area contributed by atoms with Gasteiger partial charge in [0, 0.05) is 32.2 Å². The summed E-state index contributed by atoms with van der Waals surface area (Å²) in [6.45, 7) is 0.381. The van der Waals surface area contributed by atoms with Crippen LogP contribution in [0.4, 0.5) is 11.4 Å². The molecule has 0 saturated heterocycles. The van der Waals surface area contributed by atoms with Crippen molar-refractivity contribution in [3.63, 3.8) is 0 Å². The van der Waals surface area contributed by atoms with Gasteiger partial charge in [0.1, 0.15) is 0 Å². The predicted octanol–water partition coefficient (Wildman–Crippen LogP) is 1.71. The SMILES string of the molecule is CN(C)c1ccc(C(=O)N(CCO)C2CCCC2)cc1N. The first-order valence-electron chi connectivity index (χ1n) is 7.53. The van der Waals surface area contributed by atoms with Crippen LogP contribution in [0.2, 0.25) is 0 Å². The lowest BCUT2D eigenvalue weighted by atomic mass is 10.1. The third-order valence-electron chi connectivity index (χ3n) is 4.12. The average molecular weight is 291 g/mol. The highest BCUT2D eigenvalue weighted by molar-refractivity contribution is 5.96. The topological polar surface area (TPSA) is 69.8 Å². The summed E-state index contributed by atoms with van der Waals surface area (Å²) in [4.78, 5) is 16.4. The van der Waals surface area contributed by atoms with Crippen molar-refractivity contribution in [3.8, 4) is 0 Å². The van der Waals surface area contributed by atoms with E-state index in [1.165, 1.54) is 0 Å². The van der Waals surface area contributed by atoms with E-state index in [-0.39, 0.29) is 18.6 Å². The summed E-state index contributed by atoms with van der Waals surface area (Å²) in [7, 11) is 3.84. The normalized spacial score (nSPS) is 15.2. The van der Waals surface area contributed by atoms with Crippen LogP contribution in [-0.4, -0.2) is 49.2 Å². The Morgan fingerprint density at radius 1 is 1.33 bits per heavy atom. The Balaban J connectivity index is 2.21. The molecule has 1 aliphatic carbocycles. The van der Waals surface area contributed by atoms with Crippen LogP contribution in [0.15, 0.2) is 18.2 Å². The smallest absolute Gasteiger partial charge is 0.254 e. The number of carbonyl (C=O) groups excluding carboxylic acids is 1. The monoisotopic (exact) mass is 291 g/mol. The highest BCUT2D eigenvalue weighted by Crippen LogP contribution is 2.27. The van der Waals surface area contributed by atoms with Crippen LogP contribution >= 0.6 is 0 Å². The molecule has 2 rings (SSSR count). The number of rotatable bonds is 5. The molecule has 0 heterocycles. The Morgan fingerprint density at radius 2 is 2.00 bits per heavy atom. The standard InChI is InChI=1S/C16H25N3O2/c1-18(2)15-8-7-12(11-14(15)17)16(21)19(9-10-20)13-5-3-4-6-13/h7-8,11,13,20H,3-6,9-10,17H2,1-2H3. The van der Waals surface area contributed by atoms with Gasteiger partial charge in [-0.15, -0.1) is 0 Å². The fraction of sp³-hybridized carbons (Fsp3) is 0.562. The van der Waals surface area contributed by atoms with Crippen molar-refractivity contribution in [3.05, 3.63) is 23.8 Å². The molecule has 1 aliphatic rings. The number of nitrogens with zero attached hydrogens (tertiary/aromatic N) is 2. The second-order valence-electron chi connectivity index (χ2n) is 5.83. The summed E-state index contributed by atoms with van der Waals surface area (Å²) >= 11 is 0. The van der Waals surface area contributed by atoms with E-state index in [4.69, 9.17) is 5.73 Å². The summed E-state index contributed by atoms with van der Waals surface area (Å²) in [5.41, 5.74) is 8.12. The van der Waals surface area contributed by atoms with Gasteiger partial charge in [-0.05, 0) is 31.0 Å². The number of carbonyl (C=O) groups is 1. The molecule has 0 unspecified atom stereocenters. The van der Waals surface area contributed by atoms with Crippen molar-refractivity contribution in [1.29, 1.82) is 0 Å². The Kier molecular flexibility index (Phi) is 5.07. The van der Waals surface area contributed by atoms with Crippen LogP contribution in [0.3, 0.4) is 0 Å². The van der Waals surface area contributed by atoms with E-state index in [0.717, 1.165) is 31.4 Å². The third-order valence-corrected chi connectivity index (χ3v) is 4.12. The Morgan fingerprint density at radius 3 is 2.52 bits per heavy atom. The van der Waals surface area contributed by atoms with Gasteiger partial charge >= 0.3 is 0 Å². The van der Waals surface area contributed by atoms with Crippen molar-refractivity contribution in [2.24, 2.45) is 0 Å². The third kappa shape index (κ3) is 3.47. The quantitative estimate of drug-likeness (QED) is 0.810. The minimum Gasteiger partial charge on any atom is -0.397 e. The van der Waals surface area contributed by atoms with E-state index in [9.17, 15) is 9.90 Å². The lowest BCUT2D eigenvalue weighted by Crippen LogP contribution is -2.40. The van der Waals surface area contributed by atoms with Crippen LogP contribution in [0.1, 0.15) is 36.0 Å². The van der Waals surface area contributed by atoms with E-state index in [1.54, 1.807) is 11.0 Å². The molecule has 3 N–H and O–H groups in total. The highest BCUT2D eigenvalue weighted by Gasteiger charge is 2.27. The van der Waals surface area contributed by atoms with Gasteiger partial charge in [-0.1, -0.05) is 12.8 Å². The van der Waals surface area contributed by atoms with Crippen molar-refractivity contribution in [2.75, 3.05) is 37.9 Å². The molecule has 0 spiro atoms. The zero-order valence-electron chi connectivity index (χ0n) is 12.9. The van der Waals surface area contributed by atoms with Crippen molar-refractivity contribution in [2.45, 2.75) is 31.7 Å². The minimum absolute atomic E-state index is 0.00644. The van der Waals surface area contributed by atoms with Crippen LogP contribution in [0, 0.1) is 0 Å².